The van der Waals surface area contributed by atoms with E-state index in [0.29, 0.717) is 17.2 Å². The van der Waals surface area contributed by atoms with Gasteiger partial charge in [-0.15, -0.1) is 11.3 Å². The van der Waals surface area contributed by atoms with E-state index in [2.05, 4.69) is 17.2 Å². The Morgan fingerprint density at radius 3 is 2.45 bits per heavy atom. The number of hydrogen-bond donors (Lipinski definition) is 2. The minimum atomic E-state index is -3.15. The standard InChI is InChI=1S/C25H29F2N3O2S/c1-14-8-10-15(11-9-14)23-30-19-12-16(24(2,3)32)18(13-20(19)33-23)29-22(31)17-6-5-7-21(28-17)25(4,26)27/h5-7,12-15,32H,8-11H2,1-4H3,(H,29,31)/t14-,15-. The van der Waals surface area contributed by atoms with Gasteiger partial charge in [-0.2, -0.15) is 8.78 Å². The number of rotatable bonds is 5. The van der Waals surface area contributed by atoms with Crippen molar-refractivity contribution in [2.24, 2.45) is 5.92 Å². The number of nitrogens with one attached hydrogen (secondary N) is 1. The van der Waals surface area contributed by atoms with Crippen molar-refractivity contribution in [2.45, 2.75) is 70.8 Å². The van der Waals surface area contributed by atoms with Crippen molar-refractivity contribution in [3.63, 3.8) is 0 Å². The van der Waals surface area contributed by atoms with E-state index in [1.807, 2.05) is 6.07 Å². The van der Waals surface area contributed by atoms with E-state index in [4.69, 9.17) is 4.98 Å². The fraction of sp³-hybridized carbons (Fsp3) is 0.480. The van der Waals surface area contributed by atoms with Gasteiger partial charge in [-0.05, 0) is 56.9 Å². The summed E-state index contributed by atoms with van der Waals surface area (Å²) in [6.07, 6.45) is 4.62. The molecule has 1 aromatic carbocycles. The van der Waals surface area contributed by atoms with Crippen molar-refractivity contribution >= 4 is 33.1 Å². The summed E-state index contributed by atoms with van der Waals surface area (Å²) >= 11 is 1.61. The summed E-state index contributed by atoms with van der Waals surface area (Å²) in [4.78, 5) is 21.6. The first-order valence-electron chi connectivity index (χ1n) is 11.3. The van der Waals surface area contributed by atoms with Gasteiger partial charge in [-0.25, -0.2) is 9.97 Å². The predicted molar refractivity (Wildman–Crippen MR) is 127 cm³/mol. The summed E-state index contributed by atoms with van der Waals surface area (Å²) in [6.45, 7) is 6.29. The second kappa shape index (κ2) is 8.72. The van der Waals surface area contributed by atoms with Crippen LogP contribution in [-0.2, 0) is 11.5 Å². The van der Waals surface area contributed by atoms with Crippen LogP contribution < -0.4 is 5.32 Å². The van der Waals surface area contributed by atoms with Gasteiger partial charge in [0.2, 0.25) is 0 Å². The van der Waals surface area contributed by atoms with Crippen molar-refractivity contribution in [1.82, 2.24) is 9.97 Å². The molecular weight excluding hydrogens is 444 g/mol. The van der Waals surface area contributed by atoms with Crippen LogP contribution in [-0.4, -0.2) is 21.0 Å². The molecule has 1 aliphatic carbocycles. The predicted octanol–water partition coefficient (Wildman–Crippen LogP) is 6.58. The summed E-state index contributed by atoms with van der Waals surface area (Å²) in [5.74, 6) is -2.58. The molecule has 0 spiro atoms. The van der Waals surface area contributed by atoms with Crippen molar-refractivity contribution < 1.29 is 18.7 Å². The third kappa shape index (κ3) is 5.22. The second-order valence-corrected chi connectivity index (χ2v) is 10.7. The maximum atomic E-state index is 13.7. The molecule has 0 bridgehead atoms. The molecule has 0 radical (unpaired) electrons. The van der Waals surface area contributed by atoms with Gasteiger partial charge in [0.1, 0.15) is 11.4 Å². The SMILES string of the molecule is CC(C)(O)c1cc2nc([C@H]3CC[C@H](C)CC3)sc2cc1NC(=O)c1cccc(C(C)(F)F)n1. The molecule has 33 heavy (non-hydrogen) atoms. The lowest BCUT2D eigenvalue weighted by Crippen LogP contribution is -2.22. The van der Waals surface area contributed by atoms with E-state index in [1.165, 1.54) is 31.0 Å². The normalized spacial score (nSPS) is 19.6. The number of nitrogens with zero attached hydrogens (tertiary/aromatic N) is 2. The summed E-state index contributed by atoms with van der Waals surface area (Å²) in [5.41, 5.74) is -0.113. The number of aromatic nitrogens is 2. The topological polar surface area (TPSA) is 75.1 Å². The second-order valence-electron chi connectivity index (χ2n) is 9.68. The highest BCUT2D eigenvalue weighted by molar-refractivity contribution is 7.18. The number of thiazole rings is 1. The highest BCUT2D eigenvalue weighted by atomic mass is 32.1. The molecule has 1 amide bonds. The van der Waals surface area contributed by atoms with Crippen LogP contribution in [0.25, 0.3) is 10.2 Å². The number of anilines is 1. The van der Waals surface area contributed by atoms with Gasteiger partial charge in [-0.1, -0.05) is 25.8 Å². The Hall–Kier alpha value is -2.45. The number of alkyl halides is 2. The van der Waals surface area contributed by atoms with Crippen LogP contribution in [0.5, 0.6) is 0 Å². The van der Waals surface area contributed by atoms with Crippen LogP contribution in [0.15, 0.2) is 30.3 Å². The maximum absolute atomic E-state index is 13.7. The molecule has 176 valence electrons. The number of halogens is 2. The van der Waals surface area contributed by atoms with Crippen LogP contribution >= 0.6 is 11.3 Å². The minimum Gasteiger partial charge on any atom is -0.386 e. The number of benzene rings is 1. The number of pyridine rings is 1. The highest BCUT2D eigenvalue weighted by Gasteiger charge is 2.28. The van der Waals surface area contributed by atoms with E-state index in [9.17, 15) is 18.7 Å². The Kier molecular flexibility index (Phi) is 6.26. The molecule has 0 unspecified atom stereocenters. The average molecular weight is 474 g/mol. The molecule has 1 aliphatic rings. The summed E-state index contributed by atoms with van der Waals surface area (Å²) < 4.78 is 28.2. The Bertz CT molecular complexity index is 1170. The molecule has 0 aliphatic heterocycles. The molecule has 1 saturated carbocycles. The summed E-state index contributed by atoms with van der Waals surface area (Å²) in [7, 11) is 0. The smallest absolute Gasteiger partial charge is 0.287 e. The van der Waals surface area contributed by atoms with E-state index in [-0.39, 0.29) is 5.69 Å². The molecule has 2 N–H and O–H groups in total. The van der Waals surface area contributed by atoms with E-state index < -0.39 is 23.1 Å². The zero-order chi connectivity index (χ0) is 24.0. The van der Waals surface area contributed by atoms with Gasteiger partial charge in [0.15, 0.2) is 0 Å². The number of amides is 1. The van der Waals surface area contributed by atoms with Gasteiger partial charge < -0.3 is 10.4 Å². The lowest BCUT2D eigenvalue weighted by molar-refractivity contribution is 0.0126. The van der Waals surface area contributed by atoms with Gasteiger partial charge in [-0.3, -0.25) is 4.79 Å². The Labute approximate surface area is 196 Å². The minimum absolute atomic E-state index is 0.114. The number of aliphatic hydroxyl groups is 1. The van der Waals surface area contributed by atoms with Crippen LogP contribution in [0.4, 0.5) is 14.5 Å². The summed E-state index contributed by atoms with van der Waals surface area (Å²) in [6, 6.07) is 7.58. The maximum Gasteiger partial charge on any atom is 0.287 e. The third-order valence-corrected chi connectivity index (χ3v) is 7.43. The average Bonchev–Trinajstić information content (AvgIpc) is 3.15. The first kappa shape index (κ1) is 23.7. The number of hydrogen-bond acceptors (Lipinski definition) is 5. The lowest BCUT2D eigenvalue weighted by Gasteiger charge is -2.24. The zero-order valence-corrected chi connectivity index (χ0v) is 20.1. The quantitative estimate of drug-likeness (QED) is 0.439. The lowest BCUT2D eigenvalue weighted by atomic mass is 9.83. The van der Waals surface area contributed by atoms with Crippen LogP contribution in [0.2, 0.25) is 0 Å². The van der Waals surface area contributed by atoms with E-state index in [0.717, 1.165) is 40.9 Å². The largest absolute Gasteiger partial charge is 0.386 e. The van der Waals surface area contributed by atoms with Crippen LogP contribution in [0, 0.1) is 5.92 Å². The number of fused-ring (bicyclic) bond motifs is 1. The van der Waals surface area contributed by atoms with Gasteiger partial charge in [0, 0.05) is 24.1 Å². The van der Waals surface area contributed by atoms with Crippen molar-refractivity contribution in [2.75, 3.05) is 5.32 Å². The molecular formula is C25H29F2N3O2S. The Morgan fingerprint density at radius 2 is 1.82 bits per heavy atom. The first-order valence-corrected chi connectivity index (χ1v) is 12.1. The Morgan fingerprint density at radius 1 is 1.12 bits per heavy atom. The molecule has 3 aromatic rings. The van der Waals surface area contributed by atoms with Crippen molar-refractivity contribution in [3.8, 4) is 0 Å². The van der Waals surface area contributed by atoms with Crippen molar-refractivity contribution in [3.05, 3.63) is 52.3 Å². The molecule has 2 aromatic heterocycles. The fourth-order valence-electron chi connectivity index (χ4n) is 4.27. The Balaban J connectivity index is 1.68. The molecule has 4 rings (SSSR count). The first-order chi connectivity index (χ1) is 15.4. The molecule has 8 heteroatoms. The molecule has 0 atom stereocenters. The molecule has 0 saturated heterocycles. The molecule has 2 heterocycles. The summed E-state index contributed by atoms with van der Waals surface area (Å²) in [5, 5.41) is 14.6. The fourth-order valence-corrected chi connectivity index (χ4v) is 5.43. The number of carbonyl (C=O) groups excluding carboxylic acids is 1. The molecule has 1 fully saturated rings. The third-order valence-electron chi connectivity index (χ3n) is 6.25. The zero-order valence-electron chi connectivity index (χ0n) is 19.3. The molecule has 5 nitrogen and oxygen atoms in total. The highest BCUT2D eigenvalue weighted by Crippen LogP contribution is 2.41. The van der Waals surface area contributed by atoms with E-state index in [1.54, 1.807) is 31.3 Å². The van der Waals surface area contributed by atoms with Gasteiger partial charge in [0.25, 0.3) is 11.8 Å². The van der Waals surface area contributed by atoms with Crippen molar-refractivity contribution in [1.29, 1.82) is 0 Å². The monoisotopic (exact) mass is 473 g/mol. The van der Waals surface area contributed by atoms with Crippen LogP contribution in [0.3, 0.4) is 0 Å². The van der Waals surface area contributed by atoms with E-state index >= 15 is 0 Å². The number of carbonyl (C=O) groups is 1. The van der Waals surface area contributed by atoms with Gasteiger partial charge >= 0.3 is 0 Å². The van der Waals surface area contributed by atoms with Gasteiger partial charge in [0.05, 0.1) is 20.8 Å². The van der Waals surface area contributed by atoms with Crippen LogP contribution in [0.1, 0.15) is 86.0 Å².